The third kappa shape index (κ3) is 4.73. The Balaban J connectivity index is 1.91. The van der Waals surface area contributed by atoms with E-state index in [2.05, 4.69) is 15.5 Å². The fourth-order valence-corrected chi connectivity index (χ4v) is 4.96. The summed E-state index contributed by atoms with van der Waals surface area (Å²) in [6.45, 7) is 8.89. The Bertz CT molecular complexity index is 1170. The molecule has 1 amide bonds. The molecule has 0 spiro atoms. The van der Waals surface area contributed by atoms with Crippen LogP contribution in [0.5, 0.6) is 5.75 Å². The summed E-state index contributed by atoms with van der Waals surface area (Å²) in [7, 11) is -4.03. The molecule has 0 atom stereocenters. The molecular weight excluding hydrogens is 422 g/mol. The number of carbonyl (C=O) groups excluding carboxylic acids is 1. The normalized spacial score (nSPS) is 17.5. The zero-order valence-corrected chi connectivity index (χ0v) is 19.0. The zero-order chi connectivity index (χ0) is 22.1. The van der Waals surface area contributed by atoms with E-state index in [4.69, 9.17) is 4.18 Å². The number of amides is 1. The molecule has 9 heteroatoms. The monoisotopic (exact) mass is 445 g/mol. The highest BCUT2D eigenvalue weighted by molar-refractivity contribution is 8.16. The van der Waals surface area contributed by atoms with E-state index in [1.54, 1.807) is 58.0 Å². The van der Waals surface area contributed by atoms with Crippen molar-refractivity contribution >= 4 is 39.2 Å². The van der Waals surface area contributed by atoms with Gasteiger partial charge in [-0.15, -0.1) is 5.10 Å². The number of hydrogen-bond donors (Lipinski definition) is 1. The Morgan fingerprint density at radius 3 is 2.50 bits per heavy atom. The van der Waals surface area contributed by atoms with Gasteiger partial charge in [0.2, 0.25) is 5.91 Å². The number of benzene rings is 2. The van der Waals surface area contributed by atoms with Crippen LogP contribution in [-0.2, 0) is 14.9 Å². The van der Waals surface area contributed by atoms with Crippen LogP contribution >= 0.6 is 11.8 Å². The molecule has 30 heavy (non-hydrogen) atoms. The predicted molar refractivity (Wildman–Crippen MR) is 120 cm³/mol. The predicted octanol–water partition coefficient (Wildman–Crippen LogP) is 3.71. The fourth-order valence-electron chi connectivity index (χ4n) is 2.77. The van der Waals surface area contributed by atoms with Gasteiger partial charge in [0.15, 0.2) is 10.9 Å². The first-order valence-electron chi connectivity index (χ1n) is 9.22. The lowest BCUT2D eigenvalue weighted by atomic mass is 10.1. The number of nitrogens with one attached hydrogen (secondary N) is 1. The molecule has 7 nitrogen and oxygen atoms in total. The lowest BCUT2D eigenvalue weighted by Crippen LogP contribution is -2.30. The van der Waals surface area contributed by atoms with Crippen molar-refractivity contribution in [3.63, 3.8) is 0 Å². The summed E-state index contributed by atoms with van der Waals surface area (Å²) in [5.74, 6) is 0.0476. The molecule has 1 saturated heterocycles. The van der Waals surface area contributed by atoms with Crippen LogP contribution in [0.25, 0.3) is 0 Å². The number of thioether (sulfide) groups is 1. The number of carbonyl (C=O) groups is 1. The van der Waals surface area contributed by atoms with Gasteiger partial charge >= 0.3 is 10.1 Å². The van der Waals surface area contributed by atoms with E-state index < -0.39 is 14.9 Å². The van der Waals surface area contributed by atoms with Gasteiger partial charge in [0, 0.05) is 5.56 Å². The average Bonchev–Trinajstić information content (AvgIpc) is 2.91. The minimum atomic E-state index is -4.03. The van der Waals surface area contributed by atoms with E-state index in [0.717, 1.165) is 5.56 Å². The first kappa shape index (κ1) is 22.0. The van der Waals surface area contributed by atoms with Crippen LogP contribution in [0.3, 0.4) is 0 Å². The molecule has 0 radical (unpaired) electrons. The van der Waals surface area contributed by atoms with Crippen molar-refractivity contribution in [2.75, 3.05) is 0 Å². The van der Waals surface area contributed by atoms with Gasteiger partial charge in [-0.3, -0.25) is 4.79 Å². The second-order valence-corrected chi connectivity index (χ2v) is 10.6. The lowest BCUT2D eigenvalue weighted by Gasteiger charge is -2.13. The quantitative estimate of drug-likeness (QED) is 0.430. The van der Waals surface area contributed by atoms with Gasteiger partial charge in [0.05, 0.1) is 11.0 Å². The number of aryl methyl sites for hydroxylation is 3. The van der Waals surface area contributed by atoms with Crippen molar-refractivity contribution in [2.24, 2.45) is 10.2 Å². The Labute approximate surface area is 180 Å². The van der Waals surface area contributed by atoms with Crippen LogP contribution in [0.4, 0.5) is 0 Å². The number of para-hydroxylation sites is 1. The molecule has 1 aliphatic rings. The Kier molecular flexibility index (Phi) is 6.05. The Morgan fingerprint density at radius 1 is 1.10 bits per heavy atom. The lowest BCUT2D eigenvalue weighted by molar-refractivity contribution is -0.120. The van der Waals surface area contributed by atoms with E-state index in [1.807, 2.05) is 13.0 Å². The summed E-state index contributed by atoms with van der Waals surface area (Å²) in [5, 5.41) is 11.1. The molecule has 0 unspecified atom stereocenters. The molecule has 0 aromatic heterocycles. The number of hydrogen-bond acceptors (Lipinski definition) is 7. The highest BCUT2D eigenvalue weighted by Crippen LogP contribution is 2.31. The fraction of sp³-hybridized carbons (Fsp3) is 0.286. The Morgan fingerprint density at radius 2 is 1.83 bits per heavy atom. The minimum Gasteiger partial charge on any atom is -0.378 e. The molecule has 0 saturated carbocycles. The van der Waals surface area contributed by atoms with Crippen LogP contribution in [0.2, 0.25) is 0 Å². The number of amidine groups is 1. The minimum absolute atomic E-state index is 0.126. The number of nitrogens with zero attached hydrogens (tertiary/aromatic N) is 2. The van der Waals surface area contributed by atoms with Gasteiger partial charge in [-0.1, -0.05) is 36.0 Å². The second-order valence-electron chi connectivity index (χ2n) is 7.52. The maximum atomic E-state index is 12.9. The third-order valence-electron chi connectivity index (χ3n) is 4.51. The molecule has 3 rings (SSSR count). The summed E-state index contributed by atoms with van der Waals surface area (Å²) >= 11 is 1.28. The maximum absolute atomic E-state index is 12.9. The van der Waals surface area contributed by atoms with Crippen molar-refractivity contribution in [3.05, 3.63) is 58.7 Å². The molecule has 1 aliphatic heterocycles. The van der Waals surface area contributed by atoms with E-state index in [-0.39, 0.29) is 16.6 Å². The van der Waals surface area contributed by atoms with Gasteiger partial charge in [-0.05, 0) is 63.4 Å². The molecular formula is C21H23N3O4S2. The van der Waals surface area contributed by atoms with E-state index >= 15 is 0 Å². The van der Waals surface area contributed by atoms with Gasteiger partial charge in [-0.25, -0.2) is 0 Å². The van der Waals surface area contributed by atoms with Gasteiger partial charge in [0.25, 0.3) is 0 Å². The highest BCUT2D eigenvalue weighted by atomic mass is 32.2. The van der Waals surface area contributed by atoms with Crippen LogP contribution in [0, 0.1) is 20.8 Å². The van der Waals surface area contributed by atoms with E-state index in [9.17, 15) is 13.2 Å². The van der Waals surface area contributed by atoms with Crippen LogP contribution in [-0.4, -0.2) is 30.5 Å². The van der Waals surface area contributed by atoms with Crippen LogP contribution in [0.1, 0.15) is 36.1 Å². The third-order valence-corrected chi connectivity index (χ3v) is 6.95. The average molecular weight is 446 g/mol. The first-order valence-corrected chi connectivity index (χ1v) is 11.4. The summed E-state index contributed by atoms with van der Waals surface area (Å²) in [5.41, 5.74) is 2.53. The maximum Gasteiger partial charge on any atom is 0.339 e. The zero-order valence-electron chi connectivity index (χ0n) is 17.4. The van der Waals surface area contributed by atoms with Crippen molar-refractivity contribution in [1.82, 2.24) is 5.32 Å². The van der Waals surface area contributed by atoms with Crippen LogP contribution < -0.4 is 9.50 Å². The molecule has 2 aromatic carbocycles. The summed E-state index contributed by atoms with van der Waals surface area (Å²) in [4.78, 5) is 12.0. The van der Waals surface area contributed by atoms with Gasteiger partial charge in [-0.2, -0.15) is 13.5 Å². The summed E-state index contributed by atoms with van der Waals surface area (Å²) < 4.78 is 30.8. The topological polar surface area (TPSA) is 97.2 Å². The molecule has 1 N–H and O–H groups in total. The molecule has 0 aliphatic carbocycles. The smallest absolute Gasteiger partial charge is 0.339 e. The molecule has 2 aromatic rings. The summed E-state index contributed by atoms with van der Waals surface area (Å²) in [6, 6.07) is 10.4. The standard InChI is InChI=1S/C21H23N3O4S2/c1-13-9-10-14(2)17(11-13)30(26,27)28-18-15(3)7-6-8-16(18)12-22-24-20-23-19(25)21(4,5)29-20/h6-12H,1-5H3,(H,23,24,25). The van der Waals surface area contributed by atoms with Crippen molar-refractivity contribution in [1.29, 1.82) is 0 Å². The van der Waals surface area contributed by atoms with Crippen molar-refractivity contribution < 1.29 is 17.4 Å². The molecule has 1 fully saturated rings. The molecule has 0 bridgehead atoms. The van der Waals surface area contributed by atoms with Crippen LogP contribution in [0.15, 0.2) is 51.5 Å². The van der Waals surface area contributed by atoms with E-state index in [0.29, 0.717) is 21.9 Å². The SMILES string of the molecule is Cc1ccc(C)c(S(=O)(=O)Oc2c(C)cccc2C=N/N=C2\NC(=O)C(C)(C)S2)c1. The van der Waals surface area contributed by atoms with Crippen molar-refractivity contribution in [3.8, 4) is 5.75 Å². The largest absolute Gasteiger partial charge is 0.378 e. The van der Waals surface area contributed by atoms with E-state index in [1.165, 1.54) is 18.0 Å². The second kappa shape index (κ2) is 8.23. The molecule has 158 valence electrons. The molecule has 1 heterocycles. The summed E-state index contributed by atoms with van der Waals surface area (Å²) in [6.07, 6.45) is 1.41. The van der Waals surface area contributed by atoms with Crippen molar-refractivity contribution in [2.45, 2.75) is 44.3 Å². The van der Waals surface area contributed by atoms with Gasteiger partial charge < -0.3 is 9.50 Å². The Hall–Kier alpha value is -2.65. The van der Waals surface area contributed by atoms with Gasteiger partial charge in [0.1, 0.15) is 4.90 Å². The number of rotatable bonds is 5. The highest BCUT2D eigenvalue weighted by Gasteiger charge is 2.38. The first-order chi connectivity index (χ1) is 14.0.